The Morgan fingerprint density at radius 3 is 2.60 bits per heavy atom. The normalized spacial score (nSPS) is 19.3. The predicted octanol–water partition coefficient (Wildman–Crippen LogP) is 0.473. The first-order chi connectivity index (χ1) is 20.4. The molecule has 15 nitrogen and oxygen atoms in total. The van der Waals surface area contributed by atoms with E-state index in [0.717, 1.165) is 16.9 Å². The monoisotopic (exact) mass is 580 g/mol. The summed E-state index contributed by atoms with van der Waals surface area (Å²) in [6.45, 7) is 3.27. The minimum atomic E-state index is -0.503. The molecule has 6 heterocycles. The maximum atomic E-state index is 12.7. The lowest BCUT2D eigenvalue weighted by atomic mass is 10.1. The number of piperazine rings is 1. The number of rotatable bonds is 7. The van der Waals surface area contributed by atoms with Gasteiger partial charge in [0.2, 0.25) is 11.8 Å². The molecule has 42 heavy (non-hydrogen) atoms. The maximum Gasteiger partial charge on any atom is 0.410 e. The second-order valence-corrected chi connectivity index (χ2v) is 10.3. The van der Waals surface area contributed by atoms with Crippen molar-refractivity contribution in [2.75, 3.05) is 71.0 Å². The van der Waals surface area contributed by atoms with Gasteiger partial charge < -0.3 is 38.9 Å². The highest BCUT2D eigenvalue weighted by molar-refractivity contribution is 5.81. The molecule has 0 radical (unpaired) electrons. The van der Waals surface area contributed by atoms with E-state index in [1.165, 1.54) is 12.0 Å². The van der Waals surface area contributed by atoms with E-state index < -0.39 is 12.2 Å². The Labute approximate surface area is 241 Å². The number of likely N-dealkylation sites (tertiary alicyclic amines) is 2. The van der Waals surface area contributed by atoms with E-state index in [1.807, 2.05) is 24.4 Å². The number of anilines is 1. The van der Waals surface area contributed by atoms with Crippen molar-refractivity contribution in [2.45, 2.75) is 18.6 Å². The molecule has 3 aromatic rings. The van der Waals surface area contributed by atoms with Gasteiger partial charge in [0.1, 0.15) is 18.0 Å². The standard InChI is InChI=1S/C27H32N8O7/c1-40-26(38)34-16-19(17-34)41-25-20(3-2-5-28-25)21-14-29-35-6-4-22(30-24(21)35)31-7-9-32(10-8-31)27(39)42-18-13-23(37)33(15-18)11-12-36/h2-6,14,18-19,36H,7-13,15-17H2,1H3/t18-/m1/s1. The Morgan fingerprint density at radius 2 is 1.83 bits per heavy atom. The molecule has 1 atom stereocenters. The fourth-order valence-electron chi connectivity index (χ4n) is 5.35. The van der Waals surface area contributed by atoms with Crippen molar-refractivity contribution in [1.29, 1.82) is 0 Å². The third-order valence-electron chi connectivity index (χ3n) is 7.65. The first-order valence-electron chi connectivity index (χ1n) is 13.8. The number of pyridine rings is 1. The Bertz CT molecular complexity index is 1470. The lowest BCUT2D eigenvalue weighted by molar-refractivity contribution is -0.128. The van der Waals surface area contributed by atoms with Gasteiger partial charge in [0.25, 0.3) is 0 Å². The smallest absolute Gasteiger partial charge is 0.410 e. The maximum absolute atomic E-state index is 12.7. The number of amides is 3. The van der Waals surface area contributed by atoms with Crippen LogP contribution in [0.1, 0.15) is 6.42 Å². The number of ether oxygens (including phenoxy) is 3. The molecule has 3 amide bonds. The lowest BCUT2D eigenvalue weighted by Gasteiger charge is -2.37. The number of aromatic nitrogens is 4. The van der Waals surface area contributed by atoms with Gasteiger partial charge in [0.15, 0.2) is 5.65 Å². The zero-order chi connectivity index (χ0) is 29.2. The molecule has 0 aliphatic carbocycles. The molecule has 222 valence electrons. The molecule has 0 aromatic carbocycles. The van der Waals surface area contributed by atoms with E-state index in [1.54, 1.807) is 26.7 Å². The van der Waals surface area contributed by atoms with Crippen LogP contribution in [0, 0.1) is 0 Å². The number of nitrogens with zero attached hydrogens (tertiary/aromatic N) is 8. The number of hydrogen-bond donors (Lipinski definition) is 1. The van der Waals surface area contributed by atoms with Crippen molar-refractivity contribution in [3.63, 3.8) is 0 Å². The summed E-state index contributed by atoms with van der Waals surface area (Å²) in [6, 6.07) is 5.60. The highest BCUT2D eigenvalue weighted by atomic mass is 16.6. The topological polar surface area (TPSA) is 155 Å². The quantitative estimate of drug-likeness (QED) is 0.415. The van der Waals surface area contributed by atoms with Crippen LogP contribution < -0.4 is 9.64 Å². The van der Waals surface area contributed by atoms with Crippen molar-refractivity contribution in [3.05, 3.63) is 36.8 Å². The molecule has 6 rings (SSSR count). The molecule has 0 spiro atoms. The molecule has 3 aliphatic rings. The van der Waals surface area contributed by atoms with Crippen LogP contribution in [0.25, 0.3) is 16.8 Å². The van der Waals surface area contributed by atoms with Gasteiger partial charge in [-0.05, 0) is 18.2 Å². The zero-order valence-electron chi connectivity index (χ0n) is 23.2. The highest BCUT2D eigenvalue weighted by Gasteiger charge is 2.35. The van der Waals surface area contributed by atoms with Crippen LogP contribution in [0.4, 0.5) is 15.4 Å². The van der Waals surface area contributed by atoms with Gasteiger partial charge in [-0.2, -0.15) is 5.10 Å². The molecule has 1 N–H and O–H groups in total. The number of aliphatic hydroxyl groups excluding tert-OH is 1. The van der Waals surface area contributed by atoms with Crippen LogP contribution in [0.5, 0.6) is 5.88 Å². The molecule has 0 unspecified atom stereocenters. The van der Waals surface area contributed by atoms with Crippen molar-refractivity contribution >= 4 is 29.6 Å². The van der Waals surface area contributed by atoms with Gasteiger partial charge in [0.05, 0.1) is 51.5 Å². The fraction of sp³-hybridized carbons (Fsp3) is 0.481. The Morgan fingerprint density at radius 1 is 1.02 bits per heavy atom. The summed E-state index contributed by atoms with van der Waals surface area (Å²) in [4.78, 5) is 52.6. The van der Waals surface area contributed by atoms with Crippen LogP contribution in [-0.4, -0.2) is 136 Å². The average molecular weight is 581 g/mol. The van der Waals surface area contributed by atoms with Gasteiger partial charge in [0, 0.05) is 50.7 Å². The molecule has 3 aromatic heterocycles. The van der Waals surface area contributed by atoms with E-state index in [-0.39, 0.29) is 37.7 Å². The van der Waals surface area contributed by atoms with E-state index in [4.69, 9.17) is 24.3 Å². The second-order valence-electron chi connectivity index (χ2n) is 10.3. The Kier molecular flexibility index (Phi) is 7.65. The molecule has 3 fully saturated rings. The van der Waals surface area contributed by atoms with Crippen LogP contribution in [0.2, 0.25) is 0 Å². The van der Waals surface area contributed by atoms with Gasteiger partial charge in [-0.15, -0.1) is 0 Å². The van der Waals surface area contributed by atoms with Crippen LogP contribution >= 0.6 is 0 Å². The predicted molar refractivity (Wildman–Crippen MR) is 147 cm³/mol. The number of carbonyl (C=O) groups is 3. The molecule has 15 heteroatoms. The van der Waals surface area contributed by atoms with Crippen molar-refractivity contribution < 1.29 is 33.7 Å². The van der Waals surface area contributed by atoms with Crippen molar-refractivity contribution in [2.24, 2.45) is 0 Å². The highest BCUT2D eigenvalue weighted by Crippen LogP contribution is 2.33. The van der Waals surface area contributed by atoms with E-state index >= 15 is 0 Å². The Hall–Kier alpha value is -4.66. The van der Waals surface area contributed by atoms with E-state index in [9.17, 15) is 14.4 Å². The summed E-state index contributed by atoms with van der Waals surface area (Å²) in [6.07, 6.45) is 3.83. The van der Waals surface area contributed by atoms with Gasteiger partial charge in [-0.25, -0.2) is 24.1 Å². The number of carbonyl (C=O) groups excluding carboxylic acids is 3. The summed E-state index contributed by atoms with van der Waals surface area (Å²) in [5.41, 5.74) is 2.13. The second kappa shape index (κ2) is 11.7. The SMILES string of the molecule is COC(=O)N1CC(Oc2ncccc2-c2cnn3ccc(N4CCN(C(=O)O[C@@H]5CC(=O)N(CCO)C5)CC4)nc23)C1. The molecule has 0 bridgehead atoms. The van der Waals surface area contributed by atoms with Gasteiger partial charge in [-0.3, -0.25) is 4.79 Å². The largest absolute Gasteiger partial charge is 0.470 e. The number of hydrogen-bond acceptors (Lipinski definition) is 11. The van der Waals surface area contributed by atoms with Crippen molar-refractivity contribution in [3.8, 4) is 17.0 Å². The molecule has 3 aliphatic heterocycles. The first-order valence-corrected chi connectivity index (χ1v) is 13.8. The lowest BCUT2D eigenvalue weighted by Crippen LogP contribution is -2.56. The number of methoxy groups -OCH3 is 1. The van der Waals surface area contributed by atoms with Crippen LogP contribution in [0.3, 0.4) is 0 Å². The number of aliphatic hydroxyl groups is 1. The molecular formula is C27H32N8O7. The number of β-amino-alcohol motifs (C(OH)–C–C–N with tert-alkyl or cyclic N) is 1. The summed E-state index contributed by atoms with van der Waals surface area (Å²) in [5, 5.41) is 13.6. The minimum absolute atomic E-state index is 0.120. The van der Waals surface area contributed by atoms with Crippen molar-refractivity contribution in [1.82, 2.24) is 34.3 Å². The van der Waals surface area contributed by atoms with E-state index in [2.05, 4.69) is 15.0 Å². The average Bonchev–Trinajstić information content (AvgIpc) is 3.56. The number of fused-ring (bicyclic) bond motifs is 1. The summed E-state index contributed by atoms with van der Waals surface area (Å²) in [7, 11) is 1.35. The fourth-order valence-corrected chi connectivity index (χ4v) is 5.35. The molecule has 3 saturated heterocycles. The molecule has 0 saturated carbocycles. The van der Waals surface area contributed by atoms with Gasteiger partial charge >= 0.3 is 12.2 Å². The molecular weight excluding hydrogens is 548 g/mol. The Balaban J connectivity index is 1.10. The summed E-state index contributed by atoms with van der Waals surface area (Å²) < 4.78 is 18.1. The zero-order valence-corrected chi connectivity index (χ0v) is 23.2. The van der Waals surface area contributed by atoms with Crippen LogP contribution in [0.15, 0.2) is 36.8 Å². The summed E-state index contributed by atoms with van der Waals surface area (Å²) in [5.74, 6) is 1.06. The third-order valence-corrected chi connectivity index (χ3v) is 7.65. The third kappa shape index (κ3) is 5.46. The summed E-state index contributed by atoms with van der Waals surface area (Å²) >= 11 is 0. The first kappa shape index (κ1) is 27.5. The minimum Gasteiger partial charge on any atom is -0.470 e. The van der Waals surface area contributed by atoms with E-state index in [0.29, 0.717) is 57.3 Å². The van der Waals surface area contributed by atoms with Gasteiger partial charge in [-0.1, -0.05) is 0 Å². The van der Waals surface area contributed by atoms with Crippen LogP contribution in [-0.2, 0) is 14.3 Å².